The van der Waals surface area contributed by atoms with Gasteiger partial charge in [-0.2, -0.15) is 0 Å². The average Bonchev–Trinajstić information content (AvgIpc) is 2.50. The lowest BCUT2D eigenvalue weighted by Crippen LogP contribution is -2.33. The summed E-state index contributed by atoms with van der Waals surface area (Å²) in [6, 6.07) is 6.84. The van der Waals surface area contributed by atoms with Crippen LogP contribution in [0.4, 0.5) is 18.9 Å². The zero-order chi connectivity index (χ0) is 11.5. The van der Waals surface area contributed by atoms with E-state index in [2.05, 4.69) is 0 Å². The van der Waals surface area contributed by atoms with Crippen LogP contribution in [0.25, 0.3) is 6.08 Å². The van der Waals surface area contributed by atoms with Crippen LogP contribution in [0.2, 0.25) is 0 Å². The number of hydrogen-bond acceptors (Lipinski definition) is 1. The summed E-state index contributed by atoms with van der Waals surface area (Å²) in [4.78, 5) is 0.944. The van der Waals surface area contributed by atoms with Crippen molar-refractivity contribution >= 4 is 11.8 Å². The van der Waals surface area contributed by atoms with Crippen molar-refractivity contribution in [1.29, 1.82) is 0 Å². The molecule has 1 aromatic rings. The lowest BCUT2D eigenvalue weighted by molar-refractivity contribution is 0.0530. The number of hydrogen-bond donors (Lipinski definition) is 0. The van der Waals surface area contributed by atoms with Gasteiger partial charge in [-0.3, -0.25) is 0 Å². The van der Waals surface area contributed by atoms with E-state index in [-0.39, 0.29) is 0 Å². The molecule has 2 rings (SSSR count). The Kier molecular flexibility index (Phi) is 2.99. The molecule has 0 amide bonds. The number of fused-ring (bicyclic) bond motifs is 1. The Hall–Kier alpha value is -1.71. The van der Waals surface area contributed by atoms with Gasteiger partial charge in [-0.1, -0.05) is 30.4 Å². The quantitative estimate of drug-likeness (QED) is 0.695. The standard InChI is InChI=1S/C12H10F3N/c13-11(14)12(15)16-8-4-3-6-9-5-1-2-7-10(9)16/h1-8,11-12H. The number of benzene rings is 1. The average molecular weight is 225 g/mol. The maximum atomic E-state index is 13.4. The van der Waals surface area contributed by atoms with E-state index in [0.29, 0.717) is 5.69 Å². The van der Waals surface area contributed by atoms with E-state index in [0.717, 1.165) is 10.5 Å². The molecule has 0 aromatic heterocycles. The van der Waals surface area contributed by atoms with E-state index < -0.39 is 12.7 Å². The van der Waals surface area contributed by atoms with E-state index in [1.165, 1.54) is 12.3 Å². The van der Waals surface area contributed by atoms with Gasteiger partial charge >= 0.3 is 0 Å². The first kappa shape index (κ1) is 10.8. The van der Waals surface area contributed by atoms with E-state index in [1.54, 1.807) is 36.4 Å². The second-order valence-corrected chi connectivity index (χ2v) is 3.37. The third-order valence-corrected chi connectivity index (χ3v) is 2.32. The van der Waals surface area contributed by atoms with Gasteiger partial charge in [0.2, 0.25) is 6.30 Å². The van der Waals surface area contributed by atoms with Crippen molar-refractivity contribution in [2.45, 2.75) is 12.7 Å². The fourth-order valence-corrected chi connectivity index (χ4v) is 1.58. The van der Waals surface area contributed by atoms with Crippen LogP contribution >= 0.6 is 0 Å². The molecule has 84 valence electrons. The summed E-state index contributed by atoms with van der Waals surface area (Å²) in [6.45, 7) is 0. The zero-order valence-corrected chi connectivity index (χ0v) is 8.35. The second-order valence-electron chi connectivity index (χ2n) is 3.37. The Morgan fingerprint density at radius 2 is 1.75 bits per heavy atom. The van der Waals surface area contributed by atoms with Gasteiger partial charge in [-0.15, -0.1) is 0 Å². The maximum Gasteiger partial charge on any atom is 0.288 e. The molecule has 1 aromatic carbocycles. The number of rotatable bonds is 2. The predicted octanol–water partition coefficient (Wildman–Crippen LogP) is 3.59. The summed E-state index contributed by atoms with van der Waals surface area (Å²) in [7, 11) is 0. The first-order chi connectivity index (χ1) is 7.70. The van der Waals surface area contributed by atoms with Gasteiger partial charge in [-0.05, 0) is 17.7 Å². The first-order valence-electron chi connectivity index (χ1n) is 4.84. The van der Waals surface area contributed by atoms with E-state index >= 15 is 0 Å². The number of nitrogens with zero attached hydrogens (tertiary/aromatic N) is 1. The third-order valence-electron chi connectivity index (χ3n) is 2.32. The molecule has 0 radical (unpaired) electrons. The molecule has 0 aliphatic carbocycles. The lowest BCUT2D eigenvalue weighted by Gasteiger charge is -2.24. The van der Waals surface area contributed by atoms with Crippen molar-refractivity contribution in [1.82, 2.24) is 0 Å². The minimum absolute atomic E-state index is 0.445. The third kappa shape index (κ3) is 1.96. The normalized spacial score (nSPS) is 16.1. The number of halogens is 3. The predicted molar refractivity (Wildman–Crippen MR) is 58.0 cm³/mol. The van der Waals surface area contributed by atoms with Crippen LogP contribution in [0, 0.1) is 0 Å². The molecule has 1 atom stereocenters. The molecule has 16 heavy (non-hydrogen) atoms. The highest BCUT2D eigenvalue weighted by Gasteiger charge is 2.27. The Morgan fingerprint density at radius 1 is 1.00 bits per heavy atom. The largest absolute Gasteiger partial charge is 0.312 e. The van der Waals surface area contributed by atoms with Gasteiger partial charge < -0.3 is 4.90 Å². The minimum Gasteiger partial charge on any atom is -0.312 e. The molecule has 0 N–H and O–H groups in total. The number of alkyl halides is 3. The number of anilines is 1. The summed E-state index contributed by atoms with van der Waals surface area (Å²) in [5.41, 5.74) is 1.16. The van der Waals surface area contributed by atoms with Gasteiger partial charge in [0.25, 0.3) is 6.43 Å². The summed E-state index contributed by atoms with van der Waals surface area (Å²) in [5, 5.41) is 0. The molecule has 4 heteroatoms. The molecule has 0 saturated carbocycles. The molecule has 1 unspecified atom stereocenters. The maximum absolute atomic E-state index is 13.4. The molecular formula is C12H10F3N. The molecule has 0 saturated heterocycles. The summed E-state index contributed by atoms with van der Waals surface area (Å²) < 4.78 is 38.1. The SMILES string of the molecule is FC(F)C(F)N1C=CC=Cc2ccccc21. The van der Waals surface area contributed by atoms with E-state index in [1.807, 2.05) is 0 Å². The van der Waals surface area contributed by atoms with Crippen LogP contribution in [-0.4, -0.2) is 12.7 Å². The Bertz CT molecular complexity index is 426. The molecular weight excluding hydrogens is 215 g/mol. The van der Waals surface area contributed by atoms with Crippen molar-refractivity contribution in [2.75, 3.05) is 4.90 Å². The number of allylic oxidation sites excluding steroid dienone is 2. The molecule has 0 spiro atoms. The van der Waals surface area contributed by atoms with E-state index in [9.17, 15) is 13.2 Å². The monoisotopic (exact) mass is 225 g/mol. The first-order valence-corrected chi connectivity index (χ1v) is 4.84. The van der Waals surface area contributed by atoms with Crippen LogP contribution in [0.5, 0.6) is 0 Å². The fraction of sp³-hybridized carbons (Fsp3) is 0.167. The molecule has 1 aliphatic rings. The molecule has 1 aliphatic heterocycles. The highest BCUT2D eigenvalue weighted by molar-refractivity contribution is 5.71. The van der Waals surface area contributed by atoms with Crippen molar-refractivity contribution in [3.8, 4) is 0 Å². The highest BCUT2D eigenvalue weighted by Crippen LogP contribution is 2.28. The summed E-state index contributed by atoms with van der Waals surface area (Å²) >= 11 is 0. The zero-order valence-electron chi connectivity index (χ0n) is 8.35. The second kappa shape index (κ2) is 4.43. The van der Waals surface area contributed by atoms with Gasteiger partial charge in [0, 0.05) is 6.20 Å². The van der Waals surface area contributed by atoms with Crippen molar-refractivity contribution in [3.05, 3.63) is 48.2 Å². The molecule has 1 nitrogen and oxygen atoms in total. The van der Waals surface area contributed by atoms with Crippen molar-refractivity contribution < 1.29 is 13.2 Å². The molecule has 1 heterocycles. The van der Waals surface area contributed by atoms with E-state index in [4.69, 9.17) is 0 Å². The van der Waals surface area contributed by atoms with Gasteiger partial charge in [0.1, 0.15) is 0 Å². The summed E-state index contributed by atoms with van der Waals surface area (Å²) in [6.07, 6.45) is 0.947. The van der Waals surface area contributed by atoms with Crippen molar-refractivity contribution in [2.24, 2.45) is 0 Å². The molecule has 0 fully saturated rings. The van der Waals surface area contributed by atoms with Crippen LogP contribution in [-0.2, 0) is 0 Å². The lowest BCUT2D eigenvalue weighted by atomic mass is 10.1. The topological polar surface area (TPSA) is 3.24 Å². The van der Waals surface area contributed by atoms with Crippen LogP contribution in [0.1, 0.15) is 5.56 Å². The Balaban J connectivity index is 2.42. The smallest absolute Gasteiger partial charge is 0.288 e. The summed E-state index contributed by atoms with van der Waals surface area (Å²) in [5.74, 6) is 0. The fourth-order valence-electron chi connectivity index (χ4n) is 1.58. The molecule has 0 bridgehead atoms. The van der Waals surface area contributed by atoms with Crippen LogP contribution in [0.15, 0.2) is 42.6 Å². The Morgan fingerprint density at radius 3 is 2.50 bits per heavy atom. The van der Waals surface area contributed by atoms with Crippen LogP contribution in [0.3, 0.4) is 0 Å². The van der Waals surface area contributed by atoms with Gasteiger partial charge in [-0.25, -0.2) is 13.2 Å². The van der Waals surface area contributed by atoms with Crippen molar-refractivity contribution in [3.63, 3.8) is 0 Å². The highest BCUT2D eigenvalue weighted by atomic mass is 19.3. The van der Waals surface area contributed by atoms with Gasteiger partial charge in [0.15, 0.2) is 0 Å². The number of para-hydroxylation sites is 1. The van der Waals surface area contributed by atoms with Gasteiger partial charge in [0.05, 0.1) is 5.69 Å². The minimum atomic E-state index is -3.03. The Labute approximate surface area is 91.5 Å². The van der Waals surface area contributed by atoms with Crippen LogP contribution < -0.4 is 4.90 Å².